The van der Waals surface area contributed by atoms with Crippen LogP contribution in [0.4, 0.5) is 0 Å². The van der Waals surface area contributed by atoms with Gasteiger partial charge in [-0.25, -0.2) is 0 Å². The predicted octanol–water partition coefficient (Wildman–Crippen LogP) is 4.16. The van der Waals surface area contributed by atoms with Crippen molar-refractivity contribution in [1.29, 1.82) is 0 Å². The van der Waals surface area contributed by atoms with E-state index in [4.69, 9.17) is 18.4 Å². The summed E-state index contributed by atoms with van der Waals surface area (Å²) < 4.78 is 22.7. The van der Waals surface area contributed by atoms with Crippen LogP contribution in [0.15, 0.2) is 55.9 Å². The van der Waals surface area contributed by atoms with Gasteiger partial charge in [0, 0.05) is 10.0 Å². The van der Waals surface area contributed by atoms with Crippen molar-refractivity contribution < 1.29 is 18.4 Å². The quantitative estimate of drug-likeness (QED) is 0.439. The SMILES string of the molecule is COc1cccc(-c2noc(Cc3nnc(-c4cccc(Br)c4)o3)n2)c1OC. The summed E-state index contributed by atoms with van der Waals surface area (Å²) in [6.45, 7) is 0. The molecule has 8 nitrogen and oxygen atoms in total. The molecule has 0 aliphatic rings. The summed E-state index contributed by atoms with van der Waals surface area (Å²) in [5, 5.41) is 12.2. The van der Waals surface area contributed by atoms with Crippen LogP contribution < -0.4 is 9.47 Å². The Kier molecular flexibility index (Phi) is 5.07. The lowest BCUT2D eigenvalue weighted by molar-refractivity contribution is 0.355. The van der Waals surface area contributed by atoms with E-state index in [0.717, 1.165) is 10.0 Å². The van der Waals surface area contributed by atoms with Crippen molar-refractivity contribution in [3.05, 3.63) is 58.7 Å². The van der Waals surface area contributed by atoms with Gasteiger partial charge in [-0.05, 0) is 30.3 Å². The molecule has 0 atom stereocenters. The number of rotatable bonds is 6. The van der Waals surface area contributed by atoms with E-state index in [0.29, 0.717) is 40.6 Å². The van der Waals surface area contributed by atoms with Gasteiger partial charge in [-0.3, -0.25) is 0 Å². The normalized spacial score (nSPS) is 10.8. The van der Waals surface area contributed by atoms with E-state index < -0.39 is 0 Å². The molecule has 0 saturated heterocycles. The molecule has 0 radical (unpaired) electrons. The lowest BCUT2D eigenvalue weighted by atomic mass is 10.1. The summed E-state index contributed by atoms with van der Waals surface area (Å²) in [4.78, 5) is 4.41. The zero-order valence-corrected chi connectivity index (χ0v) is 16.6. The molecule has 142 valence electrons. The van der Waals surface area contributed by atoms with Gasteiger partial charge in [0.15, 0.2) is 11.5 Å². The molecule has 0 spiro atoms. The molecule has 2 heterocycles. The molecular weight excluding hydrogens is 428 g/mol. The summed E-state index contributed by atoms with van der Waals surface area (Å²) in [5.41, 5.74) is 1.48. The first kappa shape index (κ1) is 18.2. The van der Waals surface area contributed by atoms with Gasteiger partial charge in [-0.15, -0.1) is 10.2 Å². The Morgan fingerprint density at radius 3 is 2.64 bits per heavy atom. The van der Waals surface area contributed by atoms with Gasteiger partial charge in [0.25, 0.3) is 0 Å². The lowest BCUT2D eigenvalue weighted by Crippen LogP contribution is -1.94. The zero-order valence-electron chi connectivity index (χ0n) is 15.0. The number of hydrogen-bond donors (Lipinski definition) is 0. The highest BCUT2D eigenvalue weighted by Gasteiger charge is 2.18. The third-order valence-corrected chi connectivity index (χ3v) is 4.45. The third kappa shape index (κ3) is 3.61. The Morgan fingerprint density at radius 1 is 1.00 bits per heavy atom. The molecule has 0 unspecified atom stereocenters. The topological polar surface area (TPSA) is 96.3 Å². The van der Waals surface area contributed by atoms with Crippen LogP contribution in [0, 0.1) is 0 Å². The molecular formula is C19H15BrN4O4. The van der Waals surface area contributed by atoms with Crippen LogP contribution in [-0.4, -0.2) is 34.6 Å². The van der Waals surface area contributed by atoms with Crippen LogP contribution in [0.5, 0.6) is 11.5 Å². The molecule has 0 bridgehead atoms. The van der Waals surface area contributed by atoms with E-state index in [2.05, 4.69) is 36.3 Å². The lowest BCUT2D eigenvalue weighted by Gasteiger charge is -2.09. The van der Waals surface area contributed by atoms with Crippen molar-refractivity contribution in [1.82, 2.24) is 20.3 Å². The molecule has 0 aliphatic carbocycles. The van der Waals surface area contributed by atoms with Crippen LogP contribution in [0.3, 0.4) is 0 Å². The van der Waals surface area contributed by atoms with Gasteiger partial charge in [-0.2, -0.15) is 4.98 Å². The fraction of sp³-hybridized carbons (Fsp3) is 0.158. The van der Waals surface area contributed by atoms with Crippen molar-refractivity contribution >= 4 is 15.9 Å². The highest BCUT2D eigenvalue weighted by molar-refractivity contribution is 9.10. The van der Waals surface area contributed by atoms with Gasteiger partial charge in [0.05, 0.1) is 19.8 Å². The van der Waals surface area contributed by atoms with E-state index in [-0.39, 0.29) is 6.42 Å². The minimum atomic E-state index is 0.223. The second-order valence-corrected chi connectivity index (χ2v) is 6.66. The van der Waals surface area contributed by atoms with Crippen LogP contribution in [0.2, 0.25) is 0 Å². The number of hydrogen-bond acceptors (Lipinski definition) is 8. The van der Waals surface area contributed by atoms with Gasteiger partial charge >= 0.3 is 0 Å². The maximum absolute atomic E-state index is 5.71. The molecule has 0 fully saturated rings. The van der Waals surface area contributed by atoms with E-state index in [9.17, 15) is 0 Å². The molecule has 4 rings (SSSR count). The number of benzene rings is 2. The highest BCUT2D eigenvalue weighted by atomic mass is 79.9. The summed E-state index contributed by atoms with van der Waals surface area (Å²) in [5.74, 6) is 2.66. The second kappa shape index (κ2) is 7.81. The Morgan fingerprint density at radius 2 is 1.86 bits per heavy atom. The molecule has 9 heteroatoms. The molecule has 2 aromatic heterocycles. The number of halogens is 1. The van der Waals surface area contributed by atoms with Gasteiger partial charge in [0.1, 0.15) is 6.42 Å². The summed E-state index contributed by atoms with van der Waals surface area (Å²) in [6, 6.07) is 13.1. The Bertz CT molecular complexity index is 1110. The van der Waals surface area contributed by atoms with Crippen molar-refractivity contribution in [2.24, 2.45) is 0 Å². The minimum absolute atomic E-state index is 0.223. The Hall–Kier alpha value is -3.20. The van der Waals surface area contributed by atoms with E-state index in [1.165, 1.54) is 0 Å². The van der Waals surface area contributed by atoms with Crippen LogP contribution in [0.1, 0.15) is 11.8 Å². The van der Waals surface area contributed by atoms with Crippen molar-refractivity contribution in [3.8, 4) is 34.3 Å². The van der Waals surface area contributed by atoms with Gasteiger partial charge < -0.3 is 18.4 Å². The molecule has 2 aromatic carbocycles. The zero-order chi connectivity index (χ0) is 19.5. The first-order chi connectivity index (χ1) is 13.7. The largest absolute Gasteiger partial charge is 0.493 e. The van der Waals surface area contributed by atoms with Crippen molar-refractivity contribution in [3.63, 3.8) is 0 Å². The van der Waals surface area contributed by atoms with Gasteiger partial charge in [0.2, 0.25) is 23.5 Å². The maximum Gasteiger partial charge on any atom is 0.247 e. The number of aromatic nitrogens is 4. The smallest absolute Gasteiger partial charge is 0.247 e. The first-order valence-corrected chi connectivity index (χ1v) is 9.09. The van der Waals surface area contributed by atoms with E-state index >= 15 is 0 Å². The third-order valence-electron chi connectivity index (χ3n) is 3.95. The average Bonchev–Trinajstić information content (AvgIpc) is 3.37. The summed E-state index contributed by atoms with van der Waals surface area (Å²) >= 11 is 3.42. The van der Waals surface area contributed by atoms with Crippen LogP contribution in [0.25, 0.3) is 22.8 Å². The van der Waals surface area contributed by atoms with Crippen molar-refractivity contribution in [2.75, 3.05) is 14.2 Å². The number of nitrogens with zero attached hydrogens (tertiary/aromatic N) is 4. The summed E-state index contributed by atoms with van der Waals surface area (Å²) in [7, 11) is 3.13. The number of para-hydroxylation sites is 1. The van der Waals surface area contributed by atoms with Gasteiger partial charge in [-0.1, -0.05) is 33.2 Å². The van der Waals surface area contributed by atoms with Crippen molar-refractivity contribution in [2.45, 2.75) is 6.42 Å². The predicted molar refractivity (Wildman–Crippen MR) is 103 cm³/mol. The first-order valence-electron chi connectivity index (χ1n) is 8.30. The molecule has 0 amide bonds. The van der Waals surface area contributed by atoms with Crippen LogP contribution in [-0.2, 0) is 6.42 Å². The standard InChI is InChI=1S/C19H15BrN4O4/c1-25-14-8-4-7-13(17(14)26-2)18-21-15(28-24-18)10-16-22-23-19(27-16)11-5-3-6-12(20)9-11/h3-9H,10H2,1-2H3. The molecule has 4 aromatic rings. The average molecular weight is 443 g/mol. The minimum Gasteiger partial charge on any atom is -0.493 e. The fourth-order valence-electron chi connectivity index (χ4n) is 2.69. The second-order valence-electron chi connectivity index (χ2n) is 5.74. The molecule has 0 N–H and O–H groups in total. The number of methoxy groups -OCH3 is 2. The molecule has 0 aliphatic heterocycles. The van der Waals surface area contributed by atoms with E-state index in [1.54, 1.807) is 20.3 Å². The Labute approximate surface area is 168 Å². The molecule has 0 saturated carbocycles. The summed E-state index contributed by atoms with van der Waals surface area (Å²) in [6.07, 6.45) is 0.223. The maximum atomic E-state index is 5.71. The Balaban J connectivity index is 1.57. The fourth-order valence-corrected chi connectivity index (χ4v) is 3.09. The molecule has 28 heavy (non-hydrogen) atoms. The number of ether oxygens (including phenoxy) is 2. The monoisotopic (exact) mass is 442 g/mol. The van der Waals surface area contributed by atoms with E-state index in [1.807, 2.05) is 36.4 Å². The van der Waals surface area contributed by atoms with Crippen LogP contribution >= 0.6 is 15.9 Å². The highest BCUT2D eigenvalue weighted by Crippen LogP contribution is 2.36.